The van der Waals surface area contributed by atoms with Crippen LogP contribution in [0.25, 0.3) is 0 Å². The van der Waals surface area contributed by atoms with E-state index in [0.717, 1.165) is 55.9 Å². The fraction of sp³-hybridized carbons (Fsp3) is 0.400. The van der Waals surface area contributed by atoms with E-state index in [4.69, 9.17) is 0 Å². The molecule has 1 aliphatic rings. The number of aryl methyl sites for hydroxylation is 1. The number of likely N-dealkylation sites (tertiary alicyclic amines) is 1. The van der Waals surface area contributed by atoms with Gasteiger partial charge in [0.25, 0.3) is 0 Å². The lowest BCUT2D eigenvalue weighted by Crippen LogP contribution is -2.41. The number of nitrogens with one attached hydrogen (secondary N) is 2. The summed E-state index contributed by atoms with van der Waals surface area (Å²) in [4.78, 5) is 26.6. The van der Waals surface area contributed by atoms with Gasteiger partial charge in [-0.05, 0) is 62.3 Å². The summed E-state index contributed by atoms with van der Waals surface area (Å²) in [6, 6.07) is 7.80. The Balaban J connectivity index is 1.59. The average Bonchev–Trinajstić information content (AvgIpc) is 3.34. The number of carbonyl (C=O) groups excluding carboxylic acids is 2. The van der Waals surface area contributed by atoms with E-state index < -0.39 is 23.6 Å². The molecule has 2 amide bonds. The molecule has 1 aromatic carbocycles. The molecule has 1 unspecified atom stereocenters. The zero-order valence-electron chi connectivity index (χ0n) is 16.0. The molecule has 0 saturated carbocycles. The molecule has 0 aliphatic carbocycles. The van der Waals surface area contributed by atoms with Gasteiger partial charge >= 0.3 is 18.0 Å². The first kappa shape index (κ1) is 20.9. The summed E-state index contributed by atoms with van der Waals surface area (Å²) >= 11 is 0. The van der Waals surface area contributed by atoms with Gasteiger partial charge in [-0.25, -0.2) is 0 Å². The number of rotatable bonds is 5. The number of nitrogens with zero attached hydrogens (tertiary/aromatic N) is 2. The molecule has 1 aliphatic heterocycles. The predicted octanol–water partition coefficient (Wildman–Crippen LogP) is 2.94. The van der Waals surface area contributed by atoms with Gasteiger partial charge in [-0.2, -0.15) is 13.2 Å². The van der Waals surface area contributed by atoms with Crippen LogP contribution in [-0.2, 0) is 22.8 Å². The number of carbonyl (C=O) groups is 2. The summed E-state index contributed by atoms with van der Waals surface area (Å²) in [5.74, 6) is -1.75. The summed E-state index contributed by atoms with van der Waals surface area (Å²) in [7, 11) is 1.93. The van der Waals surface area contributed by atoms with E-state index in [1.54, 1.807) is 0 Å². The third kappa shape index (κ3) is 5.17. The molecule has 2 N–H and O–H groups in total. The quantitative estimate of drug-likeness (QED) is 0.748. The maximum absolute atomic E-state index is 12.6. The summed E-state index contributed by atoms with van der Waals surface area (Å²) in [5.41, 5.74) is 0.336. The Morgan fingerprint density at radius 2 is 1.72 bits per heavy atom. The minimum absolute atomic E-state index is 0.0553. The summed E-state index contributed by atoms with van der Waals surface area (Å²) in [5, 5.41) is 4.97. The summed E-state index contributed by atoms with van der Waals surface area (Å²) in [6.07, 6.45) is -0.356. The fourth-order valence-corrected chi connectivity index (χ4v) is 3.49. The molecule has 1 atom stereocenters. The van der Waals surface area contributed by atoms with E-state index in [0.29, 0.717) is 0 Å². The van der Waals surface area contributed by atoms with E-state index >= 15 is 0 Å². The second-order valence-corrected chi connectivity index (χ2v) is 7.04. The van der Waals surface area contributed by atoms with Crippen LogP contribution < -0.4 is 10.6 Å². The van der Waals surface area contributed by atoms with Crippen molar-refractivity contribution in [1.29, 1.82) is 0 Å². The average molecular weight is 408 g/mol. The van der Waals surface area contributed by atoms with Gasteiger partial charge in [-0.15, -0.1) is 0 Å². The van der Waals surface area contributed by atoms with Crippen molar-refractivity contribution < 1.29 is 22.8 Å². The Bertz CT molecular complexity index is 855. The molecule has 2 heterocycles. The Kier molecular flexibility index (Phi) is 6.26. The van der Waals surface area contributed by atoms with Crippen LogP contribution >= 0.6 is 0 Å². The molecule has 0 spiro atoms. The van der Waals surface area contributed by atoms with Gasteiger partial charge in [-0.3, -0.25) is 14.5 Å². The molecule has 1 saturated heterocycles. The molecule has 2 aromatic rings. The molecule has 0 radical (unpaired) electrons. The number of halogens is 3. The van der Waals surface area contributed by atoms with Gasteiger partial charge in [0.2, 0.25) is 0 Å². The highest BCUT2D eigenvalue weighted by atomic mass is 19.4. The minimum Gasteiger partial charge on any atom is -0.353 e. The third-order valence-electron chi connectivity index (χ3n) is 5.04. The lowest BCUT2D eigenvalue weighted by atomic mass is 10.1. The zero-order valence-corrected chi connectivity index (χ0v) is 16.0. The number of hydrogen-bond donors (Lipinski definition) is 2. The van der Waals surface area contributed by atoms with E-state index in [1.165, 1.54) is 0 Å². The molecule has 29 heavy (non-hydrogen) atoms. The zero-order chi connectivity index (χ0) is 21.0. The van der Waals surface area contributed by atoms with Crippen LogP contribution in [0.5, 0.6) is 0 Å². The van der Waals surface area contributed by atoms with Gasteiger partial charge in [-0.1, -0.05) is 0 Å². The maximum atomic E-state index is 12.6. The predicted molar refractivity (Wildman–Crippen MR) is 102 cm³/mol. The summed E-state index contributed by atoms with van der Waals surface area (Å²) < 4.78 is 39.8. The molecule has 1 fully saturated rings. The SMILES string of the molecule is Cn1cccc1C(CNC(=O)C(=O)Nc1ccc(C(F)(F)F)cc1)N1CCCC1. The van der Waals surface area contributed by atoms with Crippen LogP contribution in [0.1, 0.15) is 30.1 Å². The minimum atomic E-state index is -4.46. The second kappa shape index (κ2) is 8.69. The largest absolute Gasteiger partial charge is 0.416 e. The normalized spacial score (nSPS) is 15.9. The van der Waals surface area contributed by atoms with Gasteiger partial charge in [0.05, 0.1) is 11.6 Å². The Morgan fingerprint density at radius 3 is 2.28 bits per heavy atom. The molecule has 1 aromatic heterocycles. The monoisotopic (exact) mass is 408 g/mol. The van der Waals surface area contributed by atoms with Crippen molar-refractivity contribution >= 4 is 17.5 Å². The first-order valence-corrected chi connectivity index (χ1v) is 9.37. The number of aromatic nitrogens is 1. The lowest BCUT2D eigenvalue weighted by Gasteiger charge is -2.28. The Morgan fingerprint density at radius 1 is 1.07 bits per heavy atom. The molecule has 156 valence electrons. The van der Waals surface area contributed by atoms with E-state index in [1.807, 2.05) is 29.9 Å². The first-order chi connectivity index (χ1) is 13.8. The van der Waals surface area contributed by atoms with E-state index in [2.05, 4.69) is 15.5 Å². The van der Waals surface area contributed by atoms with Crippen LogP contribution in [-0.4, -0.2) is 40.9 Å². The smallest absolute Gasteiger partial charge is 0.353 e. The molecular formula is C20H23F3N4O2. The molecule has 0 bridgehead atoms. The van der Waals surface area contributed by atoms with Gasteiger partial charge in [0, 0.05) is 31.2 Å². The van der Waals surface area contributed by atoms with Crippen molar-refractivity contribution in [3.05, 3.63) is 53.9 Å². The molecular weight excluding hydrogens is 385 g/mol. The van der Waals surface area contributed by atoms with Crippen LogP contribution in [0, 0.1) is 0 Å². The van der Waals surface area contributed by atoms with Crippen LogP contribution in [0.2, 0.25) is 0 Å². The highest BCUT2D eigenvalue weighted by Crippen LogP contribution is 2.29. The van der Waals surface area contributed by atoms with Gasteiger partial charge in [0.1, 0.15) is 0 Å². The van der Waals surface area contributed by atoms with Gasteiger partial charge < -0.3 is 15.2 Å². The summed E-state index contributed by atoms with van der Waals surface area (Å²) in [6.45, 7) is 2.10. The van der Waals surface area contributed by atoms with Crippen molar-refractivity contribution in [2.24, 2.45) is 7.05 Å². The van der Waals surface area contributed by atoms with Crippen LogP contribution in [0.4, 0.5) is 18.9 Å². The van der Waals surface area contributed by atoms with E-state index in [9.17, 15) is 22.8 Å². The Labute approximate surface area is 166 Å². The third-order valence-corrected chi connectivity index (χ3v) is 5.04. The van der Waals surface area contributed by atoms with Gasteiger partial charge in [0.15, 0.2) is 0 Å². The molecule has 6 nitrogen and oxygen atoms in total. The maximum Gasteiger partial charge on any atom is 0.416 e. The van der Waals surface area contributed by atoms with Crippen LogP contribution in [0.3, 0.4) is 0 Å². The molecule has 3 rings (SSSR count). The standard InChI is InChI=1S/C20H23F3N4O2/c1-26-10-4-5-16(26)17(27-11-2-3-12-27)13-24-18(28)19(29)25-15-8-6-14(7-9-15)20(21,22)23/h4-10,17H,2-3,11-13H2,1H3,(H,24,28)(H,25,29). The molecule has 9 heteroatoms. The van der Waals surface area contributed by atoms with Crippen molar-refractivity contribution in [2.45, 2.75) is 25.1 Å². The topological polar surface area (TPSA) is 66.4 Å². The number of anilines is 1. The Hall–Kier alpha value is -2.81. The van der Waals surface area contributed by atoms with Crippen LogP contribution in [0.15, 0.2) is 42.6 Å². The fourth-order valence-electron chi connectivity index (χ4n) is 3.49. The van der Waals surface area contributed by atoms with Crippen molar-refractivity contribution in [3.63, 3.8) is 0 Å². The van der Waals surface area contributed by atoms with Crippen molar-refractivity contribution in [2.75, 3.05) is 25.0 Å². The highest BCUT2D eigenvalue weighted by molar-refractivity contribution is 6.39. The first-order valence-electron chi connectivity index (χ1n) is 9.37. The van der Waals surface area contributed by atoms with Crippen molar-refractivity contribution in [3.8, 4) is 0 Å². The lowest BCUT2D eigenvalue weighted by molar-refractivity contribution is -0.137. The number of amides is 2. The number of hydrogen-bond acceptors (Lipinski definition) is 3. The second-order valence-electron chi connectivity index (χ2n) is 7.04. The van der Waals surface area contributed by atoms with E-state index in [-0.39, 0.29) is 18.3 Å². The highest BCUT2D eigenvalue weighted by Gasteiger charge is 2.30. The number of benzene rings is 1. The number of alkyl halides is 3. The van der Waals surface area contributed by atoms with Crippen molar-refractivity contribution in [1.82, 2.24) is 14.8 Å².